The van der Waals surface area contributed by atoms with Gasteiger partial charge in [0, 0.05) is 50.1 Å². The highest BCUT2D eigenvalue weighted by Crippen LogP contribution is 2.40. The number of pyridine rings is 1. The van der Waals surface area contributed by atoms with E-state index in [-0.39, 0.29) is 12.0 Å². The summed E-state index contributed by atoms with van der Waals surface area (Å²) in [6.07, 6.45) is 4.63. The van der Waals surface area contributed by atoms with Gasteiger partial charge in [-0.2, -0.15) is 0 Å². The highest BCUT2D eigenvalue weighted by atomic mass is 32.2. The second kappa shape index (κ2) is 13.8. The van der Waals surface area contributed by atoms with Crippen LogP contribution in [0.3, 0.4) is 0 Å². The number of hydrogen-bond acceptors (Lipinski definition) is 9. The quantitative estimate of drug-likeness (QED) is 0.300. The fraction of sp³-hybridized carbons (Fsp3) is 0.567. The van der Waals surface area contributed by atoms with Crippen LogP contribution in [0.2, 0.25) is 0 Å². The lowest BCUT2D eigenvalue weighted by Gasteiger charge is -2.41. The number of nitrogens with zero attached hydrogens (tertiary/aromatic N) is 3. The minimum Gasteiger partial charge on any atom is -0.497 e. The van der Waals surface area contributed by atoms with E-state index in [0.717, 1.165) is 105 Å². The Bertz CT molecular complexity index is 1180. The predicted molar refractivity (Wildman–Crippen MR) is 159 cm³/mol. The molecule has 0 saturated carbocycles. The Labute approximate surface area is 240 Å². The number of aliphatic hydroxyl groups excluding tert-OH is 2. The van der Waals surface area contributed by atoms with Gasteiger partial charge < -0.3 is 24.6 Å². The van der Waals surface area contributed by atoms with Crippen LogP contribution in [-0.2, 0) is 11.3 Å². The van der Waals surface area contributed by atoms with Crippen molar-refractivity contribution in [2.75, 3.05) is 65.4 Å². The number of morpholine rings is 1. The molecule has 39 heavy (non-hydrogen) atoms. The maximum Gasteiger partial charge on any atom is 0.119 e. The van der Waals surface area contributed by atoms with Gasteiger partial charge in [0.15, 0.2) is 0 Å². The van der Waals surface area contributed by atoms with Crippen LogP contribution in [0.1, 0.15) is 42.9 Å². The normalized spacial score (nSPS) is 19.4. The fourth-order valence-corrected chi connectivity index (χ4v) is 7.69. The molecule has 3 aromatic rings. The Morgan fingerprint density at radius 3 is 2.69 bits per heavy atom. The minimum absolute atomic E-state index is 0.136. The monoisotopic (exact) mass is 571 g/mol. The number of fused-ring (bicyclic) bond motifs is 1. The van der Waals surface area contributed by atoms with Gasteiger partial charge in [0.2, 0.25) is 0 Å². The first kappa shape index (κ1) is 28.8. The molecule has 212 valence electrons. The number of likely N-dealkylation sites (tertiary alicyclic amines) is 1. The number of thioether (sulfide) groups is 1. The third-order valence-electron chi connectivity index (χ3n) is 8.38. The van der Waals surface area contributed by atoms with Gasteiger partial charge in [0.05, 0.1) is 36.2 Å². The van der Waals surface area contributed by atoms with Crippen molar-refractivity contribution in [3.8, 4) is 5.75 Å². The van der Waals surface area contributed by atoms with Crippen LogP contribution in [0.4, 0.5) is 0 Å². The van der Waals surface area contributed by atoms with Crippen molar-refractivity contribution in [3.63, 3.8) is 0 Å². The number of thiophene rings is 1. The molecule has 0 amide bonds. The van der Waals surface area contributed by atoms with Gasteiger partial charge in [-0.1, -0.05) is 6.07 Å². The predicted octanol–water partition coefficient (Wildman–Crippen LogP) is 4.82. The summed E-state index contributed by atoms with van der Waals surface area (Å²) in [5.41, 5.74) is 2.73. The maximum atomic E-state index is 11.7. The molecule has 9 heteroatoms. The van der Waals surface area contributed by atoms with E-state index in [1.165, 1.54) is 4.21 Å². The maximum absolute atomic E-state index is 11.7. The van der Waals surface area contributed by atoms with Gasteiger partial charge in [-0.15, -0.1) is 23.1 Å². The molecule has 2 aliphatic rings. The standard InChI is InChI=1S/C30H41N3O4S2/c1-36-24-4-5-26-25(19-24)29(23(20-31-26)21-33-12-15-37-16-13-33)27(35)6-7-30(22-34)8-10-32(11-9-30)14-18-39-28-3-2-17-38-28/h2-5,17,19-20,27,34-35H,6-16,18,21-22H2,1H3. The van der Waals surface area contributed by atoms with Crippen LogP contribution < -0.4 is 4.74 Å². The second-order valence-corrected chi connectivity index (χ2v) is 13.1. The molecule has 0 radical (unpaired) electrons. The third-order valence-corrected chi connectivity index (χ3v) is 10.5. The molecule has 1 aromatic carbocycles. The molecule has 2 fully saturated rings. The molecule has 4 heterocycles. The first-order valence-corrected chi connectivity index (χ1v) is 15.9. The summed E-state index contributed by atoms with van der Waals surface area (Å²) in [4.78, 5) is 9.61. The summed E-state index contributed by atoms with van der Waals surface area (Å²) >= 11 is 3.73. The largest absolute Gasteiger partial charge is 0.497 e. The first-order chi connectivity index (χ1) is 19.1. The van der Waals surface area contributed by atoms with Gasteiger partial charge in [0.1, 0.15) is 5.75 Å². The minimum atomic E-state index is -0.637. The SMILES string of the molecule is COc1ccc2ncc(CN3CCOCC3)c(C(O)CCC3(CO)CCN(CCSc4cccs4)CC3)c2c1. The Kier molecular flexibility index (Phi) is 10.2. The van der Waals surface area contributed by atoms with E-state index in [1.54, 1.807) is 18.4 Å². The number of aromatic nitrogens is 1. The molecule has 1 atom stereocenters. The van der Waals surface area contributed by atoms with E-state index >= 15 is 0 Å². The summed E-state index contributed by atoms with van der Waals surface area (Å²) in [7, 11) is 1.67. The van der Waals surface area contributed by atoms with Gasteiger partial charge in [-0.3, -0.25) is 9.88 Å². The van der Waals surface area contributed by atoms with Crippen molar-refractivity contribution in [2.45, 2.75) is 42.5 Å². The van der Waals surface area contributed by atoms with Crippen LogP contribution >= 0.6 is 23.1 Å². The van der Waals surface area contributed by atoms with E-state index < -0.39 is 6.10 Å². The molecular formula is C30H41N3O4S2. The average Bonchev–Trinajstić information content (AvgIpc) is 3.50. The zero-order valence-electron chi connectivity index (χ0n) is 22.9. The Hall–Kier alpha value is -1.72. The van der Waals surface area contributed by atoms with Crippen molar-refractivity contribution in [2.24, 2.45) is 5.41 Å². The Balaban J connectivity index is 1.25. The fourth-order valence-electron chi connectivity index (χ4n) is 5.83. The molecule has 0 spiro atoms. The molecule has 2 aromatic heterocycles. The first-order valence-electron chi connectivity index (χ1n) is 14.0. The van der Waals surface area contributed by atoms with Crippen molar-refractivity contribution < 1.29 is 19.7 Å². The van der Waals surface area contributed by atoms with E-state index in [0.29, 0.717) is 6.42 Å². The molecule has 5 rings (SSSR count). The van der Waals surface area contributed by atoms with E-state index in [9.17, 15) is 10.2 Å². The lowest BCUT2D eigenvalue weighted by Crippen LogP contribution is -2.43. The zero-order valence-corrected chi connectivity index (χ0v) is 24.5. The number of ether oxygens (including phenoxy) is 2. The Morgan fingerprint density at radius 2 is 1.97 bits per heavy atom. The number of aliphatic hydroxyl groups is 2. The summed E-state index contributed by atoms with van der Waals surface area (Å²) < 4.78 is 12.4. The molecular weight excluding hydrogens is 530 g/mol. The summed E-state index contributed by atoms with van der Waals surface area (Å²) in [6.45, 7) is 7.19. The number of rotatable bonds is 12. The van der Waals surface area contributed by atoms with Gasteiger partial charge >= 0.3 is 0 Å². The molecule has 1 unspecified atom stereocenters. The Morgan fingerprint density at radius 1 is 1.15 bits per heavy atom. The smallest absolute Gasteiger partial charge is 0.119 e. The molecule has 2 saturated heterocycles. The van der Waals surface area contributed by atoms with Gasteiger partial charge in [-0.05, 0) is 85.0 Å². The van der Waals surface area contributed by atoms with Gasteiger partial charge in [0.25, 0.3) is 0 Å². The summed E-state index contributed by atoms with van der Waals surface area (Å²) in [5.74, 6) is 1.85. The third kappa shape index (κ3) is 7.33. The zero-order chi connectivity index (χ0) is 27.1. The van der Waals surface area contributed by atoms with Crippen LogP contribution in [0.5, 0.6) is 5.75 Å². The lowest BCUT2D eigenvalue weighted by atomic mass is 9.74. The van der Waals surface area contributed by atoms with Crippen molar-refractivity contribution >= 4 is 34.0 Å². The topological polar surface area (TPSA) is 78.3 Å². The van der Waals surface area contributed by atoms with Crippen LogP contribution in [0.25, 0.3) is 10.9 Å². The summed E-state index contributed by atoms with van der Waals surface area (Å²) in [6, 6.07) is 10.2. The number of methoxy groups -OCH3 is 1. The van der Waals surface area contributed by atoms with E-state index in [4.69, 9.17) is 14.5 Å². The molecule has 2 aliphatic heterocycles. The van der Waals surface area contributed by atoms with Crippen molar-refractivity contribution in [3.05, 3.63) is 53.0 Å². The van der Waals surface area contributed by atoms with Crippen LogP contribution in [0.15, 0.2) is 46.1 Å². The highest BCUT2D eigenvalue weighted by Gasteiger charge is 2.35. The van der Waals surface area contributed by atoms with Gasteiger partial charge in [-0.25, -0.2) is 0 Å². The number of hydrogen-bond donors (Lipinski definition) is 2. The number of piperidine rings is 1. The molecule has 2 N–H and O–H groups in total. The molecule has 0 aliphatic carbocycles. The lowest BCUT2D eigenvalue weighted by molar-refractivity contribution is 0.0245. The summed E-state index contributed by atoms with van der Waals surface area (Å²) in [5, 5.41) is 25.2. The van der Waals surface area contributed by atoms with Crippen LogP contribution in [-0.4, -0.2) is 90.4 Å². The van der Waals surface area contributed by atoms with Crippen molar-refractivity contribution in [1.82, 2.24) is 14.8 Å². The van der Waals surface area contributed by atoms with Crippen molar-refractivity contribution in [1.29, 1.82) is 0 Å². The molecule has 0 bridgehead atoms. The second-order valence-electron chi connectivity index (χ2n) is 10.8. The molecule has 7 nitrogen and oxygen atoms in total. The number of benzene rings is 1. The average molecular weight is 572 g/mol. The highest BCUT2D eigenvalue weighted by molar-refractivity contribution is 8.01. The van der Waals surface area contributed by atoms with E-state index in [1.807, 2.05) is 36.2 Å². The van der Waals surface area contributed by atoms with E-state index in [2.05, 4.69) is 27.3 Å². The van der Waals surface area contributed by atoms with Crippen LogP contribution in [0, 0.1) is 5.41 Å².